The number of amides is 1. The third kappa shape index (κ3) is 5.52. The summed E-state index contributed by atoms with van der Waals surface area (Å²) in [5, 5.41) is 0. The quantitative estimate of drug-likeness (QED) is 0.609. The van der Waals surface area contributed by atoms with E-state index in [1.54, 1.807) is 16.4 Å². The van der Waals surface area contributed by atoms with E-state index in [0.29, 0.717) is 51.8 Å². The largest absolute Gasteiger partial charge is 0.368 e. The van der Waals surface area contributed by atoms with Crippen LogP contribution in [0.3, 0.4) is 0 Å². The van der Waals surface area contributed by atoms with E-state index in [4.69, 9.17) is 4.74 Å². The normalized spacial score (nSPS) is 22.5. The molecule has 9 heteroatoms. The van der Waals surface area contributed by atoms with Gasteiger partial charge in [-0.1, -0.05) is 30.3 Å². The minimum absolute atomic E-state index is 0.0871. The molecule has 35 heavy (non-hydrogen) atoms. The molecule has 1 unspecified atom stereocenters. The Morgan fingerprint density at radius 3 is 2.31 bits per heavy atom. The first-order valence-corrected chi connectivity index (χ1v) is 14.1. The van der Waals surface area contributed by atoms with Gasteiger partial charge in [-0.05, 0) is 55.7 Å². The molecular formula is C26H34N4O4S. The van der Waals surface area contributed by atoms with Gasteiger partial charge < -0.3 is 14.5 Å². The molecule has 4 heterocycles. The Bertz CT molecular complexity index is 1090. The second kappa shape index (κ2) is 10.6. The molecule has 3 saturated heterocycles. The van der Waals surface area contributed by atoms with Gasteiger partial charge in [0.15, 0.2) is 0 Å². The van der Waals surface area contributed by atoms with Gasteiger partial charge in [-0.15, -0.1) is 0 Å². The maximum atomic E-state index is 13.2. The van der Waals surface area contributed by atoms with Crippen LogP contribution in [0.25, 0.3) is 0 Å². The lowest BCUT2D eigenvalue weighted by Gasteiger charge is -2.36. The van der Waals surface area contributed by atoms with E-state index in [1.165, 1.54) is 11.8 Å². The summed E-state index contributed by atoms with van der Waals surface area (Å²) < 4.78 is 33.5. The molecule has 0 spiro atoms. The van der Waals surface area contributed by atoms with Gasteiger partial charge in [0, 0.05) is 52.1 Å². The molecule has 0 radical (unpaired) electrons. The summed E-state index contributed by atoms with van der Waals surface area (Å²) in [5.41, 5.74) is 1.31. The SMILES string of the molecule is O=C(C1CCCO1)N1CCN(c2ccc(S(=O)(=O)N3CCC(Cc4ccccc4)CC3)cn2)CC1. The molecule has 0 N–H and O–H groups in total. The molecule has 8 nitrogen and oxygen atoms in total. The molecule has 0 bridgehead atoms. The van der Waals surface area contributed by atoms with Gasteiger partial charge in [-0.25, -0.2) is 13.4 Å². The van der Waals surface area contributed by atoms with Gasteiger partial charge in [0.05, 0.1) is 0 Å². The third-order valence-corrected chi connectivity index (χ3v) is 9.30. The fraction of sp³-hybridized carbons (Fsp3) is 0.538. The first-order valence-electron chi connectivity index (χ1n) is 12.7. The molecule has 1 atom stereocenters. The van der Waals surface area contributed by atoms with Gasteiger partial charge in [-0.3, -0.25) is 4.79 Å². The number of ether oxygens (including phenoxy) is 1. The molecule has 1 amide bonds. The number of benzene rings is 1. The summed E-state index contributed by atoms with van der Waals surface area (Å²) in [6.45, 7) is 4.35. The van der Waals surface area contributed by atoms with Crippen LogP contribution in [0.4, 0.5) is 5.82 Å². The fourth-order valence-electron chi connectivity index (χ4n) is 5.29. The molecule has 5 rings (SSSR count). The van der Waals surface area contributed by atoms with Crippen LogP contribution in [-0.2, 0) is 26.0 Å². The maximum Gasteiger partial charge on any atom is 0.251 e. The minimum atomic E-state index is -3.55. The average Bonchev–Trinajstić information content (AvgIpc) is 3.45. The highest BCUT2D eigenvalue weighted by molar-refractivity contribution is 7.89. The summed E-state index contributed by atoms with van der Waals surface area (Å²) in [4.78, 5) is 21.2. The van der Waals surface area contributed by atoms with Gasteiger partial charge in [-0.2, -0.15) is 4.31 Å². The van der Waals surface area contributed by atoms with Crippen LogP contribution in [0.15, 0.2) is 53.6 Å². The molecule has 2 aromatic rings. The number of anilines is 1. The topological polar surface area (TPSA) is 83.0 Å². The zero-order valence-corrected chi connectivity index (χ0v) is 20.9. The van der Waals surface area contributed by atoms with Gasteiger partial charge in [0.2, 0.25) is 10.0 Å². The molecular weight excluding hydrogens is 464 g/mol. The Morgan fingerprint density at radius 1 is 0.943 bits per heavy atom. The molecule has 3 aliphatic heterocycles. The number of aromatic nitrogens is 1. The van der Waals surface area contributed by atoms with E-state index in [2.05, 4.69) is 34.1 Å². The van der Waals surface area contributed by atoms with E-state index in [9.17, 15) is 13.2 Å². The van der Waals surface area contributed by atoms with Crippen molar-refractivity contribution in [3.63, 3.8) is 0 Å². The summed E-state index contributed by atoms with van der Waals surface area (Å²) >= 11 is 0. The molecule has 1 aromatic heterocycles. The number of carbonyl (C=O) groups is 1. The number of nitrogens with zero attached hydrogens (tertiary/aromatic N) is 4. The predicted octanol–water partition coefficient (Wildman–Crippen LogP) is 2.55. The van der Waals surface area contributed by atoms with E-state index < -0.39 is 10.0 Å². The van der Waals surface area contributed by atoms with Crippen LogP contribution < -0.4 is 4.90 Å². The van der Waals surface area contributed by atoms with Crippen molar-refractivity contribution in [1.29, 1.82) is 0 Å². The Hall–Kier alpha value is -2.49. The first-order chi connectivity index (χ1) is 17.0. The highest BCUT2D eigenvalue weighted by Crippen LogP contribution is 2.27. The van der Waals surface area contributed by atoms with Crippen molar-refractivity contribution in [2.45, 2.75) is 43.1 Å². The standard InChI is InChI=1S/C26H34N4O4S/c31-26(24-7-4-18-34-24)29-16-14-28(15-17-29)25-9-8-23(20-27-25)35(32,33)30-12-10-22(11-13-30)19-21-5-2-1-3-6-21/h1-3,5-6,8-9,20,22,24H,4,7,10-19H2. The van der Waals surface area contributed by atoms with Gasteiger partial charge in [0.25, 0.3) is 5.91 Å². The number of sulfonamides is 1. The van der Waals surface area contributed by atoms with Crippen molar-refractivity contribution in [3.8, 4) is 0 Å². The third-order valence-electron chi connectivity index (χ3n) is 7.42. The lowest BCUT2D eigenvalue weighted by atomic mass is 9.91. The van der Waals surface area contributed by atoms with Crippen molar-refractivity contribution in [2.75, 3.05) is 50.8 Å². The number of hydrogen-bond donors (Lipinski definition) is 0. The maximum absolute atomic E-state index is 13.2. The predicted molar refractivity (Wildman–Crippen MR) is 134 cm³/mol. The summed E-state index contributed by atoms with van der Waals surface area (Å²) in [7, 11) is -3.55. The van der Waals surface area contributed by atoms with Crippen LogP contribution in [0.5, 0.6) is 0 Å². The number of pyridine rings is 1. The Balaban J connectivity index is 1.14. The number of carbonyl (C=O) groups excluding carboxylic acids is 1. The van der Waals surface area contributed by atoms with Crippen LogP contribution in [0.2, 0.25) is 0 Å². The van der Waals surface area contributed by atoms with Crippen LogP contribution >= 0.6 is 0 Å². The van der Waals surface area contributed by atoms with Crippen molar-refractivity contribution in [2.24, 2.45) is 5.92 Å². The van der Waals surface area contributed by atoms with Crippen LogP contribution in [-0.4, -0.2) is 80.5 Å². The molecule has 1 aromatic carbocycles. The molecule has 0 aliphatic carbocycles. The van der Waals surface area contributed by atoms with Crippen molar-refractivity contribution in [1.82, 2.24) is 14.2 Å². The molecule has 3 aliphatic rings. The smallest absolute Gasteiger partial charge is 0.251 e. The fourth-order valence-corrected chi connectivity index (χ4v) is 6.71. The number of piperazine rings is 1. The summed E-state index contributed by atoms with van der Waals surface area (Å²) in [6.07, 6.45) is 5.68. The Kier molecular flexibility index (Phi) is 7.36. The van der Waals surface area contributed by atoms with E-state index in [0.717, 1.165) is 37.9 Å². The summed E-state index contributed by atoms with van der Waals surface area (Å²) in [6, 6.07) is 13.8. The number of rotatable bonds is 6. The number of hydrogen-bond acceptors (Lipinski definition) is 6. The summed E-state index contributed by atoms with van der Waals surface area (Å²) in [5.74, 6) is 1.34. The van der Waals surface area contributed by atoms with E-state index in [1.807, 2.05) is 11.0 Å². The van der Waals surface area contributed by atoms with Crippen LogP contribution in [0.1, 0.15) is 31.2 Å². The highest BCUT2D eigenvalue weighted by Gasteiger charge is 2.32. The van der Waals surface area contributed by atoms with Crippen molar-refractivity contribution < 1.29 is 17.9 Å². The average molecular weight is 499 g/mol. The second-order valence-corrected chi connectivity index (χ2v) is 11.6. The second-order valence-electron chi connectivity index (χ2n) is 9.70. The number of piperidine rings is 1. The molecule has 3 fully saturated rings. The lowest BCUT2D eigenvalue weighted by molar-refractivity contribution is -0.141. The molecule has 188 valence electrons. The zero-order valence-electron chi connectivity index (χ0n) is 20.1. The monoisotopic (exact) mass is 498 g/mol. The zero-order chi connectivity index (χ0) is 24.3. The van der Waals surface area contributed by atoms with Crippen LogP contribution in [0, 0.1) is 5.92 Å². The Labute approximate surface area is 207 Å². The minimum Gasteiger partial charge on any atom is -0.368 e. The van der Waals surface area contributed by atoms with E-state index in [-0.39, 0.29) is 16.9 Å². The van der Waals surface area contributed by atoms with Crippen molar-refractivity contribution in [3.05, 3.63) is 54.2 Å². The highest BCUT2D eigenvalue weighted by atomic mass is 32.2. The van der Waals surface area contributed by atoms with Gasteiger partial charge in [0.1, 0.15) is 16.8 Å². The molecule has 0 saturated carbocycles. The van der Waals surface area contributed by atoms with Crippen molar-refractivity contribution >= 4 is 21.7 Å². The Morgan fingerprint density at radius 2 is 1.69 bits per heavy atom. The first kappa shape index (κ1) is 24.2. The van der Waals surface area contributed by atoms with Gasteiger partial charge >= 0.3 is 0 Å². The van der Waals surface area contributed by atoms with E-state index >= 15 is 0 Å². The lowest BCUT2D eigenvalue weighted by Crippen LogP contribution is -2.51.